The second kappa shape index (κ2) is 5.87. The molecule has 0 aliphatic heterocycles. The highest BCUT2D eigenvalue weighted by molar-refractivity contribution is 5.85. The van der Waals surface area contributed by atoms with Crippen molar-refractivity contribution in [2.45, 2.75) is 0 Å². The maximum Gasteiger partial charge on any atom is 0.127 e. The minimum atomic E-state index is 0.815. The molecular weight excluding hydrogens is 226 g/mol. The largest absolute Gasteiger partial charge is 0.497 e. The Hall–Kier alpha value is -2.29. The van der Waals surface area contributed by atoms with Gasteiger partial charge in [0.15, 0.2) is 0 Å². The summed E-state index contributed by atoms with van der Waals surface area (Å²) in [5.41, 5.74) is 1.83. The average molecular weight is 241 g/mol. The topological polar surface area (TPSA) is 30.8 Å². The van der Waals surface area contributed by atoms with E-state index in [1.807, 2.05) is 48.5 Å². The van der Waals surface area contributed by atoms with Crippen LogP contribution in [0.4, 0.5) is 5.69 Å². The van der Waals surface area contributed by atoms with Crippen LogP contribution in [-0.2, 0) is 0 Å². The minimum Gasteiger partial charge on any atom is -0.497 e. The fourth-order valence-corrected chi connectivity index (χ4v) is 1.59. The van der Waals surface area contributed by atoms with Crippen LogP contribution in [0.3, 0.4) is 0 Å². The van der Waals surface area contributed by atoms with Crippen LogP contribution in [0.1, 0.15) is 5.56 Å². The van der Waals surface area contributed by atoms with Crippen LogP contribution in [0.25, 0.3) is 0 Å². The Balaban J connectivity index is 2.19. The van der Waals surface area contributed by atoms with E-state index in [2.05, 4.69) is 4.99 Å². The lowest BCUT2D eigenvalue weighted by atomic mass is 10.2. The van der Waals surface area contributed by atoms with E-state index in [0.717, 1.165) is 22.7 Å². The fourth-order valence-electron chi connectivity index (χ4n) is 1.59. The van der Waals surface area contributed by atoms with Gasteiger partial charge in [0.25, 0.3) is 0 Å². The first kappa shape index (κ1) is 12.2. The molecule has 0 saturated heterocycles. The smallest absolute Gasteiger partial charge is 0.127 e. The zero-order valence-electron chi connectivity index (χ0n) is 10.5. The van der Waals surface area contributed by atoms with E-state index >= 15 is 0 Å². The van der Waals surface area contributed by atoms with Gasteiger partial charge in [0, 0.05) is 11.8 Å². The van der Waals surface area contributed by atoms with E-state index in [-0.39, 0.29) is 0 Å². The van der Waals surface area contributed by atoms with Gasteiger partial charge in [0.1, 0.15) is 11.5 Å². The van der Waals surface area contributed by atoms with Crippen molar-refractivity contribution in [2.75, 3.05) is 14.2 Å². The molecule has 0 saturated carbocycles. The maximum absolute atomic E-state index is 5.26. The number of hydrogen-bond acceptors (Lipinski definition) is 3. The first-order valence-corrected chi connectivity index (χ1v) is 5.64. The quantitative estimate of drug-likeness (QED) is 0.767. The van der Waals surface area contributed by atoms with Crippen LogP contribution in [0.15, 0.2) is 53.5 Å². The summed E-state index contributed by atoms with van der Waals surface area (Å²) >= 11 is 0. The first-order chi connectivity index (χ1) is 8.83. The molecule has 0 radical (unpaired) electrons. The van der Waals surface area contributed by atoms with Gasteiger partial charge >= 0.3 is 0 Å². The number of rotatable bonds is 4. The Morgan fingerprint density at radius 3 is 2.28 bits per heavy atom. The highest BCUT2D eigenvalue weighted by Gasteiger charge is 1.97. The van der Waals surface area contributed by atoms with Crippen LogP contribution >= 0.6 is 0 Å². The van der Waals surface area contributed by atoms with Crippen LogP contribution in [0.5, 0.6) is 11.5 Å². The number of aliphatic imine (C=N–C) groups is 1. The minimum absolute atomic E-state index is 0.815. The van der Waals surface area contributed by atoms with E-state index in [9.17, 15) is 0 Å². The van der Waals surface area contributed by atoms with Crippen molar-refractivity contribution in [3.8, 4) is 11.5 Å². The zero-order valence-corrected chi connectivity index (χ0v) is 10.5. The molecule has 0 N–H and O–H groups in total. The van der Waals surface area contributed by atoms with Crippen LogP contribution < -0.4 is 9.47 Å². The van der Waals surface area contributed by atoms with E-state index < -0.39 is 0 Å². The molecule has 0 aromatic heterocycles. The third kappa shape index (κ3) is 2.88. The molecule has 0 unspecified atom stereocenters. The summed E-state index contributed by atoms with van der Waals surface area (Å²) < 4.78 is 10.4. The number of benzene rings is 2. The van der Waals surface area contributed by atoms with Crippen molar-refractivity contribution < 1.29 is 9.47 Å². The summed E-state index contributed by atoms with van der Waals surface area (Å²) in [6.07, 6.45) is 1.79. The summed E-state index contributed by atoms with van der Waals surface area (Å²) in [7, 11) is 3.30. The molecule has 2 rings (SSSR count). The predicted molar refractivity (Wildman–Crippen MR) is 73.2 cm³/mol. The summed E-state index contributed by atoms with van der Waals surface area (Å²) in [6.45, 7) is 0. The second-order valence-electron chi connectivity index (χ2n) is 3.70. The molecule has 0 aliphatic rings. The third-order valence-electron chi connectivity index (χ3n) is 2.56. The lowest BCUT2D eigenvalue weighted by Gasteiger charge is -2.03. The summed E-state index contributed by atoms with van der Waals surface area (Å²) in [6, 6.07) is 15.3. The summed E-state index contributed by atoms with van der Waals surface area (Å²) in [4.78, 5) is 4.40. The molecule has 3 nitrogen and oxygen atoms in total. The Kier molecular flexibility index (Phi) is 3.97. The normalized spacial score (nSPS) is 10.6. The Morgan fingerprint density at radius 1 is 0.889 bits per heavy atom. The van der Waals surface area contributed by atoms with Crippen molar-refractivity contribution in [3.05, 3.63) is 54.1 Å². The molecule has 92 valence electrons. The van der Waals surface area contributed by atoms with Gasteiger partial charge in [-0.1, -0.05) is 12.1 Å². The van der Waals surface area contributed by atoms with E-state index in [1.54, 1.807) is 20.4 Å². The molecular formula is C15H15NO2. The highest BCUT2D eigenvalue weighted by atomic mass is 16.5. The molecule has 0 bridgehead atoms. The Bertz CT molecular complexity index is 532. The lowest BCUT2D eigenvalue weighted by molar-refractivity contribution is 0.414. The van der Waals surface area contributed by atoms with Crippen molar-refractivity contribution in [3.63, 3.8) is 0 Å². The van der Waals surface area contributed by atoms with Crippen molar-refractivity contribution in [1.82, 2.24) is 0 Å². The molecule has 0 heterocycles. The third-order valence-corrected chi connectivity index (χ3v) is 2.56. The molecule has 2 aromatic carbocycles. The molecule has 0 aliphatic carbocycles. The second-order valence-corrected chi connectivity index (χ2v) is 3.70. The summed E-state index contributed by atoms with van der Waals surface area (Å²) in [5.74, 6) is 1.64. The van der Waals surface area contributed by atoms with Gasteiger partial charge in [0.2, 0.25) is 0 Å². The van der Waals surface area contributed by atoms with Crippen molar-refractivity contribution >= 4 is 11.9 Å². The molecule has 0 atom stereocenters. The maximum atomic E-state index is 5.26. The van der Waals surface area contributed by atoms with Gasteiger partial charge in [-0.3, -0.25) is 4.99 Å². The SMILES string of the molecule is COc1ccc(N=Cc2ccccc2OC)cc1. The van der Waals surface area contributed by atoms with Gasteiger partial charge in [-0.25, -0.2) is 0 Å². The number of methoxy groups -OCH3 is 2. The highest BCUT2D eigenvalue weighted by Crippen LogP contribution is 2.19. The average Bonchev–Trinajstić information content (AvgIpc) is 2.46. The fraction of sp³-hybridized carbons (Fsp3) is 0.133. The number of nitrogens with zero attached hydrogens (tertiary/aromatic N) is 1. The summed E-state index contributed by atoms with van der Waals surface area (Å²) in [5, 5.41) is 0. The van der Waals surface area contributed by atoms with Gasteiger partial charge in [-0.15, -0.1) is 0 Å². The first-order valence-electron chi connectivity index (χ1n) is 5.64. The van der Waals surface area contributed by atoms with Crippen LogP contribution in [0, 0.1) is 0 Å². The molecule has 3 heteroatoms. The Morgan fingerprint density at radius 2 is 1.61 bits per heavy atom. The number of para-hydroxylation sites is 1. The number of ether oxygens (including phenoxy) is 2. The molecule has 0 amide bonds. The predicted octanol–water partition coefficient (Wildman–Crippen LogP) is 3.45. The van der Waals surface area contributed by atoms with E-state index in [4.69, 9.17) is 9.47 Å². The monoisotopic (exact) mass is 241 g/mol. The Labute approximate surface area is 107 Å². The molecule has 18 heavy (non-hydrogen) atoms. The molecule has 0 fully saturated rings. The van der Waals surface area contributed by atoms with E-state index in [0.29, 0.717) is 0 Å². The van der Waals surface area contributed by atoms with Crippen molar-refractivity contribution in [1.29, 1.82) is 0 Å². The molecule has 2 aromatic rings. The van der Waals surface area contributed by atoms with Gasteiger partial charge in [0.05, 0.1) is 19.9 Å². The number of hydrogen-bond donors (Lipinski definition) is 0. The zero-order chi connectivity index (χ0) is 12.8. The molecule has 0 spiro atoms. The van der Waals surface area contributed by atoms with Crippen LogP contribution in [0.2, 0.25) is 0 Å². The van der Waals surface area contributed by atoms with Gasteiger partial charge < -0.3 is 9.47 Å². The van der Waals surface area contributed by atoms with Gasteiger partial charge in [-0.05, 0) is 36.4 Å². The standard InChI is InChI=1S/C15H15NO2/c1-17-14-9-7-13(8-10-14)16-11-12-5-3-4-6-15(12)18-2/h3-11H,1-2H3. The van der Waals surface area contributed by atoms with E-state index in [1.165, 1.54) is 0 Å². The van der Waals surface area contributed by atoms with Crippen molar-refractivity contribution in [2.24, 2.45) is 4.99 Å². The van der Waals surface area contributed by atoms with Crippen LogP contribution in [-0.4, -0.2) is 20.4 Å². The van der Waals surface area contributed by atoms with Gasteiger partial charge in [-0.2, -0.15) is 0 Å². The lowest BCUT2D eigenvalue weighted by Crippen LogP contribution is -1.89.